The van der Waals surface area contributed by atoms with Crippen LogP contribution in [0.3, 0.4) is 0 Å². The van der Waals surface area contributed by atoms with E-state index in [1.807, 2.05) is 43.5 Å². The summed E-state index contributed by atoms with van der Waals surface area (Å²) in [4.78, 5) is 17.3. The Morgan fingerprint density at radius 3 is 2.79 bits per heavy atom. The van der Waals surface area contributed by atoms with Crippen LogP contribution in [0.5, 0.6) is 0 Å². The molecule has 3 aromatic rings. The molecule has 0 N–H and O–H groups in total. The van der Waals surface area contributed by atoms with E-state index in [1.54, 1.807) is 4.68 Å². The Hall–Kier alpha value is -2.65. The zero-order valence-electron chi connectivity index (χ0n) is 13.9. The van der Waals surface area contributed by atoms with Crippen molar-refractivity contribution in [1.82, 2.24) is 14.3 Å². The van der Waals surface area contributed by atoms with Crippen LogP contribution in [-0.2, 0) is 17.9 Å². The van der Waals surface area contributed by atoms with Gasteiger partial charge in [-0.2, -0.15) is 10.1 Å². The second-order valence-corrected chi connectivity index (χ2v) is 6.75. The monoisotopic (exact) mass is 338 g/mol. The number of hydrogen-bond acceptors (Lipinski definition) is 3. The molecule has 0 aliphatic rings. The molecule has 122 valence electrons. The minimum atomic E-state index is -0.241. The topological polar surface area (TPSA) is 52.2 Å². The fourth-order valence-corrected chi connectivity index (χ4v) is 3.76. The van der Waals surface area contributed by atoms with Crippen LogP contribution >= 0.6 is 11.3 Å². The molecular formula is C18H18N4OS. The van der Waals surface area contributed by atoms with Gasteiger partial charge in [0.2, 0.25) is 0 Å². The lowest BCUT2D eigenvalue weighted by molar-refractivity contribution is -0.118. The Balaban J connectivity index is 2.02. The number of aromatic nitrogens is 3. The third kappa shape index (κ3) is 3.17. The van der Waals surface area contributed by atoms with Crippen LogP contribution in [0.4, 0.5) is 0 Å². The van der Waals surface area contributed by atoms with Crippen molar-refractivity contribution in [2.75, 3.05) is 0 Å². The molecule has 0 aliphatic heterocycles. The number of terminal acetylenes is 1. The van der Waals surface area contributed by atoms with Crippen molar-refractivity contribution >= 4 is 27.5 Å². The van der Waals surface area contributed by atoms with E-state index in [0.29, 0.717) is 11.3 Å². The summed E-state index contributed by atoms with van der Waals surface area (Å²) in [6.45, 7) is 6.38. The maximum Gasteiger partial charge on any atom is 0.270 e. The summed E-state index contributed by atoms with van der Waals surface area (Å²) in [5.41, 5.74) is 4.00. The van der Waals surface area contributed by atoms with Gasteiger partial charge >= 0.3 is 0 Å². The standard InChI is InChI=1S/C18H18N4OS/c1-5-8-21-15-7-6-12(2)9-16(15)24-18(21)19-17(23)11-22-14(4)10-13(3)20-22/h1,6-7,9-10H,8,11H2,2-4H3. The Labute approximate surface area is 144 Å². The maximum atomic E-state index is 12.4. The quantitative estimate of drug-likeness (QED) is 0.689. The van der Waals surface area contributed by atoms with Gasteiger partial charge in [0.25, 0.3) is 5.91 Å². The minimum Gasteiger partial charge on any atom is -0.305 e. The summed E-state index contributed by atoms with van der Waals surface area (Å²) in [7, 11) is 0. The lowest BCUT2D eigenvalue weighted by Crippen LogP contribution is -2.19. The van der Waals surface area contributed by atoms with E-state index in [2.05, 4.69) is 22.1 Å². The molecule has 6 heteroatoms. The molecule has 24 heavy (non-hydrogen) atoms. The van der Waals surface area contributed by atoms with E-state index >= 15 is 0 Å². The number of thiazole rings is 1. The number of benzene rings is 1. The molecule has 5 nitrogen and oxygen atoms in total. The molecule has 0 saturated heterocycles. The number of carbonyl (C=O) groups is 1. The summed E-state index contributed by atoms with van der Waals surface area (Å²) in [5, 5.41) is 4.31. The highest BCUT2D eigenvalue weighted by atomic mass is 32.1. The van der Waals surface area contributed by atoms with E-state index in [1.165, 1.54) is 11.3 Å². The fraction of sp³-hybridized carbons (Fsp3) is 0.278. The van der Waals surface area contributed by atoms with Gasteiger partial charge in [-0.1, -0.05) is 23.3 Å². The highest BCUT2D eigenvalue weighted by molar-refractivity contribution is 7.16. The summed E-state index contributed by atoms with van der Waals surface area (Å²) < 4.78 is 4.64. The van der Waals surface area contributed by atoms with Crippen LogP contribution in [0.2, 0.25) is 0 Å². The molecule has 0 unspecified atom stereocenters. The number of nitrogens with zero attached hydrogens (tertiary/aromatic N) is 4. The SMILES string of the molecule is C#CCn1c(=NC(=O)Cn2nc(C)cc2C)sc2cc(C)ccc21. The summed E-state index contributed by atoms with van der Waals surface area (Å²) >= 11 is 1.48. The van der Waals surface area contributed by atoms with Crippen molar-refractivity contribution < 1.29 is 4.79 Å². The molecule has 0 atom stereocenters. The van der Waals surface area contributed by atoms with Gasteiger partial charge in [-0.15, -0.1) is 6.42 Å². The van der Waals surface area contributed by atoms with Crippen molar-refractivity contribution in [3.05, 3.63) is 46.0 Å². The number of amides is 1. The van der Waals surface area contributed by atoms with E-state index in [-0.39, 0.29) is 12.5 Å². The van der Waals surface area contributed by atoms with Gasteiger partial charge in [-0.25, -0.2) is 0 Å². The van der Waals surface area contributed by atoms with E-state index in [0.717, 1.165) is 27.2 Å². The number of rotatable bonds is 3. The van der Waals surface area contributed by atoms with Crippen molar-refractivity contribution in [3.63, 3.8) is 0 Å². The normalized spacial score (nSPS) is 11.8. The van der Waals surface area contributed by atoms with Gasteiger partial charge in [0, 0.05) is 5.69 Å². The Morgan fingerprint density at radius 2 is 2.12 bits per heavy atom. The van der Waals surface area contributed by atoms with Crippen molar-refractivity contribution in [1.29, 1.82) is 0 Å². The first kappa shape index (κ1) is 16.2. The number of fused-ring (bicyclic) bond motifs is 1. The minimum absolute atomic E-state index is 0.128. The van der Waals surface area contributed by atoms with Gasteiger partial charge in [-0.3, -0.25) is 9.48 Å². The molecule has 0 bridgehead atoms. The Bertz CT molecular complexity index is 1030. The predicted octanol–water partition coefficient (Wildman–Crippen LogP) is 2.59. The summed E-state index contributed by atoms with van der Waals surface area (Å²) in [6.07, 6.45) is 5.48. The average molecular weight is 338 g/mol. The molecule has 0 aliphatic carbocycles. The van der Waals surface area contributed by atoms with Gasteiger partial charge in [-0.05, 0) is 44.5 Å². The predicted molar refractivity (Wildman–Crippen MR) is 95.7 cm³/mol. The lowest BCUT2D eigenvalue weighted by Gasteiger charge is -2.01. The summed E-state index contributed by atoms with van der Waals surface area (Å²) in [5.74, 6) is 2.39. The van der Waals surface area contributed by atoms with Crippen LogP contribution < -0.4 is 4.80 Å². The van der Waals surface area contributed by atoms with Gasteiger partial charge in [0.15, 0.2) is 4.80 Å². The first-order valence-electron chi connectivity index (χ1n) is 7.60. The second kappa shape index (κ2) is 6.46. The van der Waals surface area contributed by atoms with Gasteiger partial charge in [0.05, 0.1) is 22.5 Å². The van der Waals surface area contributed by atoms with Crippen LogP contribution in [0, 0.1) is 33.1 Å². The first-order chi connectivity index (χ1) is 11.5. The summed E-state index contributed by atoms with van der Waals surface area (Å²) in [6, 6.07) is 8.07. The van der Waals surface area contributed by atoms with Crippen molar-refractivity contribution in [3.8, 4) is 12.3 Å². The first-order valence-corrected chi connectivity index (χ1v) is 8.41. The zero-order chi connectivity index (χ0) is 17.3. The van der Waals surface area contributed by atoms with Gasteiger partial charge < -0.3 is 4.57 Å². The number of hydrogen-bond donors (Lipinski definition) is 0. The molecule has 0 fully saturated rings. The molecule has 2 heterocycles. The van der Waals surface area contributed by atoms with Crippen LogP contribution in [0.1, 0.15) is 17.0 Å². The highest BCUT2D eigenvalue weighted by Crippen LogP contribution is 2.18. The largest absolute Gasteiger partial charge is 0.305 e. The molecule has 3 rings (SSSR count). The van der Waals surface area contributed by atoms with Crippen LogP contribution in [-0.4, -0.2) is 20.3 Å². The molecular weight excluding hydrogens is 320 g/mol. The molecule has 1 aromatic carbocycles. The third-order valence-electron chi connectivity index (χ3n) is 3.70. The number of carbonyl (C=O) groups excluding carboxylic acids is 1. The molecule has 2 aromatic heterocycles. The van der Waals surface area contributed by atoms with Crippen LogP contribution in [0.15, 0.2) is 29.3 Å². The highest BCUT2D eigenvalue weighted by Gasteiger charge is 2.09. The average Bonchev–Trinajstić information content (AvgIpc) is 2.99. The molecule has 0 spiro atoms. The van der Waals surface area contributed by atoms with Crippen molar-refractivity contribution in [2.24, 2.45) is 4.99 Å². The second-order valence-electron chi connectivity index (χ2n) is 5.74. The van der Waals surface area contributed by atoms with E-state index < -0.39 is 0 Å². The zero-order valence-corrected chi connectivity index (χ0v) is 14.7. The fourth-order valence-electron chi connectivity index (χ4n) is 2.61. The third-order valence-corrected chi connectivity index (χ3v) is 4.74. The van der Waals surface area contributed by atoms with E-state index in [9.17, 15) is 4.79 Å². The molecule has 1 amide bonds. The Kier molecular flexibility index (Phi) is 4.36. The van der Waals surface area contributed by atoms with Gasteiger partial charge in [0.1, 0.15) is 6.54 Å². The smallest absolute Gasteiger partial charge is 0.270 e. The lowest BCUT2D eigenvalue weighted by atomic mass is 10.2. The Morgan fingerprint density at radius 1 is 1.33 bits per heavy atom. The van der Waals surface area contributed by atoms with Crippen LogP contribution in [0.25, 0.3) is 10.2 Å². The molecule has 0 radical (unpaired) electrons. The maximum absolute atomic E-state index is 12.4. The van der Waals surface area contributed by atoms with Crippen molar-refractivity contribution in [2.45, 2.75) is 33.9 Å². The number of aryl methyl sites for hydroxylation is 3. The van der Waals surface area contributed by atoms with E-state index in [4.69, 9.17) is 6.42 Å². The molecule has 0 saturated carbocycles.